The molecule has 0 heterocycles. The fraction of sp³-hybridized carbons (Fsp3) is 0.455. The zero-order valence-electron chi connectivity index (χ0n) is 9.07. The number of hydrogen-bond donors (Lipinski definition) is 2. The number of alkyl halides is 2. The summed E-state index contributed by atoms with van der Waals surface area (Å²) in [6.07, 6.45) is -3.33. The number of aliphatic hydroxyl groups is 1. The predicted molar refractivity (Wildman–Crippen MR) is 56.8 cm³/mol. The van der Waals surface area contributed by atoms with Crippen molar-refractivity contribution < 1.29 is 23.0 Å². The van der Waals surface area contributed by atoms with Gasteiger partial charge in [-0.1, -0.05) is 0 Å². The highest BCUT2D eigenvalue weighted by Gasteiger charge is 2.07. The van der Waals surface area contributed by atoms with E-state index in [4.69, 9.17) is 4.74 Å². The van der Waals surface area contributed by atoms with Crippen molar-refractivity contribution in [3.63, 3.8) is 0 Å². The summed E-state index contributed by atoms with van der Waals surface area (Å²) in [6, 6.07) is 5.32. The smallest absolute Gasteiger partial charge is 0.250 e. The van der Waals surface area contributed by atoms with Crippen molar-refractivity contribution in [2.45, 2.75) is 12.5 Å². The monoisotopic (exact) mass is 249 g/mol. The minimum atomic E-state index is -2.44. The Bertz CT molecular complexity index is 319. The summed E-state index contributed by atoms with van der Waals surface area (Å²) < 4.78 is 41.2. The van der Waals surface area contributed by atoms with Crippen LogP contribution in [0, 0.1) is 5.82 Å². The van der Waals surface area contributed by atoms with Gasteiger partial charge in [0.2, 0.25) is 0 Å². The third-order valence-electron chi connectivity index (χ3n) is 1.93. The fourth-order valence-corrected chi connectivity index (χ4v) is 1.14. The fourth-order valence-electron chi connectivity index (χ4n) is 1.14. The van der Waals surface area contributed by atoms with E-state index in [0.29, 0.717) is 5.75 Å². The van der Waals surface area contributed by atoms with Gasteiger partial charge >= 0.3 is 0 Å². The number of hydrogen-bond acceptors (Lipinski definition) is 3. The molecule has 0 aliphatic rings. The molecule has 1 aromatic rings. The van der Waals surface area contributed by atoms with E-state index in [1.54, 1.807) is 0 Å². The van der Waals surface area contributed by atoms with E-state index in [-0.39, 0.29) is 19.0 Å². The topological polar surface area (TPSA) is 41.5 Å². The quantitative estimate of drug-likeness (QED) is 0.768. The number of benzene rings is 1. The highest BCUT2D eigenvalue weighted by Crippen LogP contribution is 2.11. The normalized spacial score (nSPS) is 12.8. The predicted octanol–water partition coefficient (Wildman–Crippen LogP) is 1.42. The second-order valence-corrected chi connectivity index (χ2v) is 3.47. The molecule has 0 aliphatic carbocycles. The number of ether oxygens (including phenoxy) is 1. The minimum Gasteiger partial charge on any atom is -0.491 e. The molecule has 0 aromatic heterocycles. The van der Waals surface area contributed by atoms with Gasteiger partial charge in [0.1, 0.15) is 24.3 Å². The summed E-state index contributed by atoms with van der Waals surface area (Å²) in [5.41, 5.74) is 0. The zero-order chi connectivity index (χ0) is 12.7. The second-order valence-electron chi connectivity index (χ2n) is 3.47. The van der Waals surface area contributed by atoms with E-state index < -0.39 is 19.1 Å². The molecule has 0 saturated heterocycles. The van der Waals surface area contributed by atoms with Crippen molar-refractivity contribution >= 4 is 0 Å². The van der Waals surface area contributed by atoms with E-state index in [0.717, 1.165) is 0 Å². The molecule has 1 unspecified atom stereocenters. The first-order chi connectivity index (χ1) is 8.08. The lowest BCUT2D eigenvalue weighted by Crippen LogP contribution is -2.33. The molecule has 0 spiro atoms. The first-order valence-corrected chi connectivity index (χ1v) is 5.13. The van der Waals surface area contributed by atoms with Crippen LogP contribution in [0.15, 0.2) is 24.3 Å². The third-order valence-corrected chi connectivity index (χ3v) is 1.93. The van der Waals surface area contributed by atoms with Gasteiger partial charge in [0, 0.05) is 6.54 Å². The maximum atomic E-state index is 12.5. The van der Waals surface area contributed by atoms with Gasteiger partial charge in [-0.25, -0.2) is 13.2 Å². The summed E-state index contributed by atoms with van der Waals surface area (Å²) in [5, 5.41) is 11.8. The van der Waals surface area contributed by atoms with E-state index in [1.165, 1.54) is 24.3 Å². The molecule has 96 valence electrons. The number of aliphatic hydroxyl groups excluding tert-OH is 1. The first kappa shape index (κ1) is 13.8. The van der Waals surface area contributed by atoms with E-state index in [9.17, 15) is 18.3 Å². The Labute approximate surface area is 97.2 Å². The number of halogens is 3. The van der Waals surface area contributed by atoms with Crippen molar-refractivity contribution in [2.75, 3.05) is 19.7 Å². The molecule has 0 amide bonds. The number of nitrogens with one attached hydrogen (secondary N) is 1. The highest BCUT2D eigenvalue weighted by molar-refractivity contribution is 5.22. The Morgan fingerprint density at radius 1 is 1.18 bits per heavy atom. The summed E-state index contributed by atoms with van der Waals surface area (Å²) in [7, 11) is 0. The van der Waals surface area contributed by atoms with Crippen LogP contribution in [0.25, 0.3) is 0 Å². The molecular formula is C11H14F3NO2. The van der Waals surface area contributed by atoms with Gasteiger partial charge < -0.3 is 15.2 Å². The van der Waals surface area contributed by atoms with E-state index in [2.05, 4.69) is 5.32 Å². The minimum absolute atomic E-state index is 0.0194. The molecule has 17 heavy (non-hydrogen) atoms. The molecule has 0 saturated carbocycles. The first-order valence-electron chi connectivity index (χ1n) is 5.13. The summed E-state index contributed by atoms with van der Waals surface area (Å²) >= 11 is 0. The van der Waals surface area contributed by atoms with Crippen LogP contribution in [0.4, 0.5) is 13.2 Å². The molecule has 1 atom stereocenters. The zero-order valence-corrected chi connectivity index (χ0v) is 9.07. The Morgan fingerprint density at radius 3 is 2.41 bits per heavy atom. The van der Waals surface area contributed by atoms with E-state index >= 15 is 0 Å². The van der Waals surface area contributed by atoms with Crippen molar-refractivity contribution in [3.05, 3.63) is 30.1 Å². The van der Waals surface area contributed by atoms with Gasteiger partial charge in [-0.15, -0.1) is 0 Å². The van der Waals surface area contributed by atoms with Crippen LogP contribution >= 0.6 is 0 Å². The van der Waals surface area contributed by atoms with Crippen molar-refractivity contribution in [3.8, 4) is 5.75 Å². The lowest BCUT2D eigenvalue weighted by atomic mass is 10.3. The second kappa shape index (κ2) is 7.13. The van der Waals surface area contributed by atoms with Gasteiger partial charge in [0.25, 0.3) is 6.43 Å². The standard InChI is InChI=1S/C11H14F3NO2/c12-8-1-3-10(4-2-8)17-7-9(16)5-15-6-11(13)14/h1-4,9,11,15-16H,5-7H2. The van der Waals surface area contributed by atoms with E-state index in [1.807, 2.05) is 0 Å². The van der Waals surface area contributed by atoms with Crippen molar-refractivity contribution in [1.82, 2.24) is 5.32 Å². The van der Waals surface area contributed by atoms with Gasteiger partial charge in [0.15, 0.2) is 0 Å². The number of rotatable bonds is 7. The lowest BCUT2D eigenvalue weighted by Gasteiger charge is -2.13. The Balaban J connectivity index is 2.19. The maximum absolute atomic E-state index is 12.5. The van der Waals surface area contributed by atoms with Gasteiger partial charge in [-0.05, 0) is 24.3 Å². The molecule has 0 radical (unpaired) electrons. The van der Waals surface area contributed by atoms with Gasteiger partial charge in [0.05, 0.1) is 6.54 Å². The Morgan fingerprint density at radius 2 is 1.82 bits per heavy atom. The highest BCUT2D eigenvalue weighted by atomic mass is 19.3. The van der Waals surface area contributed by atoms with Crippen molar-refractivity contribution in [1.29, 1.82) is 0 Å². The average molecular weight is 249 g/mol. The van der Waals surface area contributed by atoms with Gasteiger partial charge in [-0.2, -0.15) is 0 Å². The molecular weight excluding hydrogens is 235 g/mol. The van der Waals surface area contributed by atoms with Crippen LogP contribution in [0.2, 0.25) is 0 Å². The largest absolute Gasteiger partial charge is 0.491 e. The molecule has 3 nitrogen and oxygen atoms in total. The van der Waals surface area contributed by atoms with Gasteiger partial charge in [-0.3, -0.25) is 0 Å². The molecule has 1 rings (SSSR count). The molecule has 6 heteroatoms. The summed E-state index contributed by atoms with van der Waals surface area (Å²) in [4.78, 5) is 0. The Hall–Kier alpha value is -1.27. The van der Waals surface area contributed by atoms with Crippen LogP contribution in [-0.4, -0.2) is 37.3 Å². The molecule has 1 aromatic carbocycles. The SMILES string of the molecule is OC(CNCC(F)F)COc1ccc(F)cc1. The third kappa shape index (κ3) is 6.13. The molecule has 0 bridgehead atoms. The summed E-state index contributed by atoms with van der Waals surface area (Å²) in [5.74, 6) is 0.0378. The molecule has 0 aliphatic heterocycles. The average Bonchev–Trinajstić information content (AvgIpc) is 2.28. The molecule has 2 N–H and O–H groups in total. The Kier molecular flexibility index (Phi) is 5.79. The van der Waals surface area contributed by atoms with Crippen LogP contribution in [0.3, 0.4) is 0 Å². The molecule has 0 fully saturated rings. The lowest BCUT2D eigenvalue weighted by molar-refractivity contribution is 0.0951. The van der Waals surface area contributed by atoms with Crippen LogP contribution in [0.1, 0.15) is 0 Å². The van der Waals surface area contributed by atoms with Crippen LogP contribution in [0.5, 0.6) is 5.75 Å². The maximum Gasteiger partial charge on any atom is 0.250 e. The van der Waals surface area contributed by atoms with Crippen molar-refractivity contribution in [2.24, 2.45) is 0 Å². The van der Waals surface area contributed by atoms with Crippen LogP contribution in [-0.2, 0) is 0 Å². The van der Waals surface area contributed by atoms with Crippen LogP contribution < -0.4 is 10.1 Å². The summed E-state index contributed by atoms with van der Waals surface area (Å²) in [6.45, 7) is -0.485.